The van der Waals surface area contributed by atoms with E-state index < -0.39 is 6.10 Å². The highest BCUT2D eigenvalue weighted by Crippen LogP contribution is 2.30. The first kappa shape index (κ1) is 14.0. The van der Waals surface area contributed by atoms with Gasteiger partial charge in [-0.15, -0.1) is 0 Å². The van der Waals surface area contributed by atoms with Gasteiger partial charge in [-0.3, -0.25) is 4.68 Å². The van der Waals surface area contributed by atoms with Crippen molar-refractivity contribution in [3.63, 3.8) is 0 Å². The first-order valence-electron chi connectivity index (χ1n) is 6.18. The third-order valence-corrected chi connectivity index (χ3v) is 3.85. The first-order valence-corrected chi connectivity index (χ1v) is 6.97. The normalized spacial score (nSPS) is 21.4. The Balaban J connectivity index is 2.02. The van der Waals surface area contributed by atoms with Crippen molar-refractivity contribution < 1.29 is 14.6 Å². The van der Waals surface area contributed by atoms with Gasteiger partial charge in [0.25, 0.3) is 0 Å². The second-order valence-electron chi connectivity index (χ2n) is 4.57. The van der Waals surface area contributed by atoms with Gasteiger partial charge in [0.05, 0.1) is 35.6 Å². The largest absolute Gasteiger partial charge is 0.387 e. The molecule has 2 atom stereocenters. The van der Waals surface area contributed by atoms with E-state index >= 15 is 0 Å². The van der Waals surface area contributed by atoms with Crippen molar-refractivity contribution in [1.29, 1.82) is 0 Å². The zero-order valence-electron chi connectivity index (χ0n) is 10.5. The molecule has 1 saturated heterocycles. The number of aliphatic hydroxyl groups excluding tert-OH is 1. The number of ether oxygens (including phenoxy) is 2. The van der Waals surface area contributed by atoms with Gasteiger partial charge in [0.15, 0.2) is 0 Å². The standard InChI is InChI=1S/C12H19BrN2O3/c1-17-5-3-15-12(10(13)7-14-15)11(16)6-9-2-4-18-8-9/h7,9,11,16H,2-6,8H2,1H3. The summed E-state index contributed by atoms with van der Waals surface area (Å²) in [6.45, 7) is 2.79. The number of hydrogen-bond donors (Lipinski definition) is 1. The summed E-state index contributed by atoms with van der Waals surface area (Å²) in [5, 5.41) is 14.6. The van der Waals surface area contributed by atoms with Crippen LogP contribution in [0.1, 0.15) is 24.6 Å². The van der Waals surface area contributed by atoms with Gasteiger partial charge in [0, 0.05) is 20.3 Å². The van der Waals surface area contributed by atoms with Crippen LogP contribution in [-0.2, 0) is 16.0 Å². The summed E-state index contributed by atoms with van der Waals surface area (Å²) in [6, 6.07) is 0. The average Bonchev–Trinajstić information content (AvgIpc) is 2.96. The van der Waals surface area contributed by atoms with Crippen LogP contribution in [0.25, 0.3) is 0 Å². The van der Waals surface area contributed by atoms with Crippen LogP contribution in [-0.4, -0.2) is 41.8 Å². The second kappa shape index (κ2) is 6.65. The summed E-state index contributed by atoms with van der Waals surface area (Å²) in [7, 11) is 1.66. The quantitative estimate of drug-likeness (QED) is 0.868. The molecule has 1 fully saturated rings. The Morgan fingerprint density at radius 1 is 1.72 bits per heavy atom. The van der Waals surface area contributed by atoms with Crippen LogP contribution in [0.4, 0.5) is 0 Å². The fourth-order valence-corrected chi connectivity index (χ4v) is 2.82. The fraction of sp³-hybridized carbons (Fsp3) is 0.750. The zero-order chi connectivity index (χ0) is 13.0. The van der Waals surface area contributed by atoms with Crippen LogP contribution in [0.3, 0.4) is 0 Å². The number of nitrogens with zero attached hydrogens (tertiary/aromatic N) is 2. The number of methoxy groups -OCH3 is 1. The van der Waals surface area contributed by atoms with Crippen LogP contribution in [0.5, 0.6) is 0 Å². The number of hydrogen-bond acceptors (Lipinski definition) is 4. The van der Waals surface area contributed by atoms with Crippen LogP contribution in [0.15, 0.2) is 10.7 Å². The summed E-state index contributed by atoms with van der Waals surface area (Å²) >= 11 is 3.44. The molecule has 1 aromatic heterocycles. The Hall–Kier alpha value is -0.430. The lowest BCUT2D eigenvalue weighted by atomic mass is 9.99. The number of rotatable bonds is 6. The zero-order valence-corrected chi connectivity index (χ0v) is 12.1. The Morgan fingerprint density at radius 3 is 3.22 bits per heavy atom. The van der Waals surface area contributed by atoms with E-state index in [4.69, 9.17) is 9.47 Å². The molecule has 1 N–H and O–H groups in total. The average molecular weight is 319 g/mol. The van der Waals surface area contributed by atoms with Gasteiger partial charge in [-0.05, 0) is 34.7 Å². The van der Waals surface area contributed by atoms with Crippen molar-refractivity contribution in [1.82, 2.24) is 9.78 Å². The lowest BCUT2D eigenvalue weighted by Crippen LogP contribution is -2.15. The molecule has 1 aliphatic heterocycles. The highest BCUT2D eigenvalue weighted by atomic mass is 79.9. The Bertz CT molecular complexity index is 377. The van der Waals surface area contributed by atoms with E-state index in [1.807, 2.05) is 0 Å². The van der Waals surface area contributed by atoms with Gasteiger partial charge in [-0.25, -0.2) is 0 Å². The Kier molecular flexibility index (Phi) is 5.17. The van der Waals surface area contributed by atoms with E-state index in [1.165, 1.54) is 0 Å². The van der Waals surface area contributed by atoms with Crippen molar-refractivity contribution in [2.24, 2.45) is 5.92 Å². The molecule has 0 radical (unpaired) electrons. The predicted molar refractivity (Wildman–Crippen MR) is 70.3 cm³/mol. The first-order chi connectivity index (χ1) is 8.72. The molecule has 102 valence electrons. The number of halogens is 1. The highest BCUT2D eigenvalue weighted by Gasteiger charge is 2.24. The smallest absolute Gasteiger partial charge is 0.0971 e. The summed E-state index contributed by atoms with van der Waals surface area (Å²) in [4.78, 5) is 0. The second-order valence-corrected chi connectivity index (χ2v) is 5.43. The maximum atomic E-state index is 10.3. The topological polar surface area (TPSA) is 56.5 Å². The van der Waals surface area contributed by atoms with Crippen molar-refractivity contribution in [3.8, 4) is 0 Å². The Morgan fingerprint density at radius 2 is 2.56 bits per heavy atom. The maximum Gasteiger partial charge on any atom is 0.0971 e. The molecular formula is C12H19BrN2O3. The Labute approximate surface area is 115 Å². The van der Waals surface area contributed by atoms with Crippen LogP contribution >= 0.6 is 15.9 Å². The van der Waals surface area contributed by atoms with E-state index in [2.05, 4.69) is 21.0 Å². The maximum absolute atomic E-state index is 10.3. The third-order valence-electron chi connectivity index (χ3n) is 3.24. The predicted octanol–water partition coefficient (Wildman–Crippen LogP) is 1.75. The van der Waals surface area contributed by atoms with Gasteiger partial charge in [0.1, 0.15) is 0 Å². The molecule has 0 aromatic carbocycles. The van der Waals surface area contributed by atoms with Gasteiger partial charge >= 0.3 is 0 Å². The molecule has 0 aliphatic carbocycles. The molecular weight excluding hydrogens is 300 g/mol. The van der Waals surface area contributed by atoms with Gasteiger partial charge in [0.2, 0.25) is 0 Å². The van der Waals surface area contributed by atoms with E-state index in [-0.39, 0.29) is 0 Å². The minimum absolute atomic E-state index is 0.442. The molecule has 0 bridgehead atoms. The fourth-order valence-electron chi connectivity index (χ4n) is 2.26. The summed E-state index contributed by atoms with van der Waals surface area (Å²) < 4.78 is 13.0. The van der Waals surface area contributed by atoms with E-state index in [0.717, 1.165) is 36.2 Å². The highest BCUT2D eigenvalue weighted by molar-refractivity contribution is 9.10. The van der Waals surface area contributed by atoms with E-state index in [1.54, 1.807) is 18.0 Å². The van der Waals surface area contributed by atoms with Crippen molar-refractivity contribution in [3.05, 3.63) is 16.4 Å². The van der Waals surface area contributed by atoms with Crippen molar-refractivity contribution in [2.45, 2.75) is 25.5 Å². The summed E-state index contributed by atoms with van der Waals surface area (Å²) in [6.07, 6.45) is 2.96. The molecule has 2 rings (SSSR count). The van der Waals surface area contributed by atoms with Gasteiger partial charge in [-0.2, -0.15) is 5.10 Å². The minimum atomic E-state index is -0.509. The molecule has 1 aliphatic rings. The lowest BCUT2D eigenvalue weighted by Gasteiger charge is -2.16. The lowest BCUT2D eigenvalue weighted by molar-refractivity contribution is 0.117. The van der Waals surface area contributed by atoms with Crippen LogP contribution < -0.4 is 0 Å². The van der Waals surface area contributed by atoms with Crippen molar-refractivity contribution >= 4 is 15.9 Å². The van der Waals surface area contributed by atoms with Crippen LogP contribution in [0, 0.1) is 5.92 Å². The van der Waals surface area contributed by atoms with Gasteiger partial charge in [-0.1, -0.05) is 0 Å². The van der Waals surface area contributed by atoms with Crippen LogP contribution in [0.2, 0.25) is 0 Å². The number of aliphatic hydroxyl groups is 1. The summed E-state index contributed by atoms with van der Waals surface area (Å²) in [5.74, 6) is 0.442. The van der Waals surface area contributed by atoms with E-state index in [0.29, 0.717) is 19.1 Å². The molecule has 0 amide bonds. The molecule has 0 saturated carbocycles. The number of aromatic nitrogens is 2. The third kappa shape index (κ3) is 3.32. The molecule has 2 heterocycles. The molecule has 6 heteroatoms. The molecule has 5 nitrogen and oxygen atoms in total. The van der Waals surface area contributed by atoms with Crippen molar-refractivity contribution in [2.75, 3.05) is 26.9 Å². The van der Waals surface area contributed by atoms with Gasteiger partial charge < -0.3 is 14.6 Å². The molecule has 0 spiro atoms. The monoisotopic (exact) mass is 318 g/mol. The molecule has 1 aromatic rings. The summed E-state index contributed by atoms with van der Waals surface area (Å²) in [5.41, 5.74) is 0.832. The molecule has 18 heavy (non-hydrogen) atoms. The SMILES string of the molecule is COCCn1ncc(Br)c1C(O)CC1CCOC1. The van der Waals surface area contributed by atoms with E-state index in [9.17, 15) is 5.11 Å². The minimum Gasteiger partial charge on any atom is -0.387 e. The molecule has 2 unspecified atom stereocenters.